The summed E-state index contributed by atoms with van der Waals surface area (Å²) < 4.78 is 0. The highest BCUT2D eigenvalue weighted by Gasteiger charge is 2.36. The number of aliphatic hydroxyl groups excluding tert-OH is 5. The van der Waals surface area contributed by atoms with Crippen molar-refractivity contribution >= 4 is 11.8 Å². The predicted octanol–water partition coefficient (Wildman–Crippen LogP) is -2.48. The maximum absolute atomic E-state index is 12.2. The molecule has 0 unspecified atom stereocenters. The molecule has 0 spiro atoms. The van der Waals surface area contributed by atoms with Crippen molar-refractivity contribution in [2.24, 2.45) is 5.90 Å². The molecule has 0 aromatic heterocycles. The number of Topliss-reactive ketones (excluding diaryl/α,β-unsaturated/α-hetero) is 1. The molecule has 128 valence electrons. The lowest BCUT2D eigenvalue weighted by atomic mass is 9.92. The number of hydrogen-bond acceptors (Lipinski definition) is 9. The van der Waals surface area contributed by atoms with Gasteiger partial charge in [0.25, 0.3) is 0 Å². The largest absolute Gasteiger partial charge is 0.394 e. The summed E-state index contributed by atoms with van der Waals surface area (Å²) in [6, 6.07) is 0. The first kappa shape index (κ1) is 20.6. The van der Waals surface area contributed by atoms with Crippen LogP contribution < -0.4 is 5.90 Å². The highest BCUT2D eigenvalue weighted by Crippen LogP contribution is 2.18. The van der Waals surface area contributed by atoms with E-state index in [4.69, 9.17) is 11.0 Å². The Kier molecular flexibility index (Phi) is 9.02. The van der Waals surface area contributed by atoms with Crippen LogP contribution in [0.3, 0.4) is 0 Å². The van der Waals surface area contributed by atoms with Gasteiger partial charge in [-0.1, -0.05) is 13.3 Å². The predicted molar refractivity (Wildman–Crippen MR) is 74.0 cm³/mol. The van der Waals surface area contributed by atoms with Crippen molar-refractivity contribution in [3.8, 4) is 0 Å². The second-order valence-corrected chi connectivity index (χ2v) is 4.80. The van der Waals surface area contributed by atoms with Gasteiger partial charge in [0.1, 0.15) is 24.4 Å². The van der Waals surface area contributed by atoms with E-state index in [1.807, 2.05) is 0 Å². The van der Waals surface area contributed by atoms with Crippen molar-refractivity contribution in [2.75, 3.05) is 6.61 Å². The Bertz CT molecular complexity index is 422. The maximum atomic E-state index is 12.2. The molecule has 0 rings (SSSR count). The Morgan fingerprint density at radius 2 is 1.68 bits per heavy atom. The molecule has 0 radical (unpaired) electrons. The minimum atomic E-state index is -2.08. The third-order valence-corrected chi connectivity index (χ3v) is 3.19. The molecule has 0 aromatic rings. The number of carbonyl (C=O) groups is 2. The van der Waals surface area contributed by atoms with Gasteiger partial charge in [0.05, 0.1) is 6.61 Å². The van der Waals surface area contributed by atoms with Crippen molar-refractivity contribution in [1.82, 2.24) is 0 Å². The van der Waals surface area contributed by atoms with Gasteiger partial charge in [0.2, 0.25) is 0 Å². The van der Waals surface area contributed by atoms with Crippen LogP contribution in [0.5, 0.6) is 0 Å². The molecule has 22 heavy (non-hydrogen) atoms. The fourth-order valence-electron chi connectivity index (χ4n) is 1.81. The average molecular weight is 321 g/mol. The molecule has 0 aromatic carbocycles. The van der Waals surface area contributed by atoms with E-state index in [1.165, 1.54) is 6.92 Å². The highest BCUT2D eigenvalue weighted by molar-refractivity contribution is 6.05. The lowest BCUT2D eigenvalue weighted by Crippen LogP contribution is -2.49. The second-order valence-electron chi connectivity index (χ2n) is 4.80. The smallest absolute Gasteiger partial charge is 0.352 e. The lowest BCUT2D eigenvalue weighted by Gasteiger charge is -2.25. The number of nitrogens with two attached hydrogens (primary N) is 1. The number of carbonyl (C=O) groups excluding carboxylic acids is 2. The van der Waals surface area contributed by atoms with E-state index in [1.54, 1.807) is 6.92 Å². The van der Waals surface area contributed by atoms with Gasteiger partial charge in [-0.15, -0.1) is 0 Å². The van der Waals surface area contributed by atoms with Gasteiger partial charge in [0, 0.05) is 11.1 Å². The normalized spacial score (nSPS) is 18.0. The van der Waals surface area contributed by atoms with Crippen molar-refractivity contribution < 1.29 is 40.0 Å². The monoisotopic (exact) mass is 321 g/mol. The molecule has 0 aliphatic heterocycles. The zero-order valence-electron chi connectivity index (χ0n) is 12.5. The van der Waals surface area contributed by atoms with Crippen LogP contribution in [-0.2, 0) is 14.4 Å². The number of hydrogen-bond donors (Lipinski definition) is 6. The van der Waals surface area contributed by atoms with Crippen molar-refractivity contribution in [2.45, 2.75) is 51.1 Å². The SMILES string of the molecule is CCCC(C(=O)[C@@H](O)[C@@H](O)[C@H](O)[C@H](O)CO)=C(C)C(=O)ON. The van der Waals surface area contributed by atoms with Crippen molar-refractivity contribution in [3.05, 3.63) is 11.1 Å². The molecular weight excluding hydrogens is 298 g/mol. The van der Waals surface area contributed by atoms with Crippen LogP contribution in [0.4, 0.5) is 0 Å². The van der Waals surface area contributed by atoms with Crippen LogP contribution >= 0.6 is 0 Å². The van der Waals surface area contributed by atoms with Gasteiger partial charge in [-0.05, 0) is 13.3 Å². The molecule has 0 bridgehead atoms. The fraction of sp³-hybridized carbons (Fsp3) is 0.692. The van der Waals surface area contributed by atoms with Gasteiger partial charge in [-0.3, -0.25) is 4.79 Å². The zero-order chi connectivity index (χ0) is 17.4. The van der Waals surface area contributed by atoms with Crippen LogP contribution in [0.15, 0.2) is 11.1 Å². The van der Waals surface area contributed by atoms with Crippen LogP contribution in [0, 0.1) is 0 Å². The van der Waals surface area contributed by atoms with Gasteiger partial charge >= 0.3 is 5.97 Å². The van der Waals surface area contributed by atoms with Crippen LogP contribution in [0.1, 0.15) is 26.7 Å². The molecule has 0 saturated heterocycles. The summed E-state index contributed by atoms with van der Waals surface area (Å²) in [5.74, 6) is 2.78. The molecule has 0 aliphatic rings. The van der Waals surface area contributed by atoms with Crippen molar-refractivity contribution in [3.63, 3.8) is 0 Å². The number of aliphatic hydroxyl groups is 5. The van der Waals surface area contributed by atoms with E-state index in [0.717, 1.165) is 0 Å². The quantitative estimate of drug-likeness (QED) is 0.199. The van der Waals surface area contributed by atoms with Crippen LogP contribution in [-0.4, -0.2) is 68.3 Å². The summed E-state index contributed by atoms with van der Waals surface area (Å²) in [4.78, 5) is 27.6. The fourth-order valence-corrected chi connectivity index (χ4v) is 1.81. The summed E-state index contributed by atoms with van der Waals surface area (Å²) in [6.07, 6.45) is -7.22. The van der Waals surface area contributed by atoms with Crippen LogP contribution in [0.2, 0.25) is 0 Å². The molecule has 9 heteroatoms. The first-order valence-electron chi connectivity index (χ1n) is 6.70. The topological polar surface area (TPSA) is 171 Å². The molecule has 9 nitrogen and oxygen atoms in total. The molecule has 0 saturated carbocycles. The van der Waals surface area contributed by atoms with E-state index in [9.17, 15) is 30.0 Å². The van der Waals surface area contributed by atoms with E-state index in [2.05, 4.69) is 4.84 Å². The summed E-state index contributed by atoms with van der Waals surface area (Å²) in [7, 11) is 0. The van der Waals surface area contributed by atoms with E-state index >= 15 is 0 Å². The molecule has 0 amide bonds. The van der Waals surface area contributed by atoms with Gasteiger partial charge in [-0.2, -0.15) is 5.90 Å². The Balaban J connectivity index is 5.36. The molecule has 4 atom stereocenters. The molecule has 0 heterocycles. The standard InChI is InChI=1S/C13H23NO8/c1-3-4-7(6(2)13(21)22-14)9(17)11(19)12(20)10(18)8(16)5-15/h8,10-12,15-16,18-20H,3-5,14H2,1-2H3/t8-,10-,11-,12+/m1/s1. The maximum Gasteiger partial charge on any atom is 0.352 e. The minimum absolute atomic E-state index is 0.102. The summed E-state index contributed by atoms with van der Waals surface area (Å²) in [5.41, 5.74) is -0.229. The summed E-state index contributed by atoms with van der Waals surface area (Å²) >= 11 is 0. The van der Waals surface area contributed by atoms with E-state index in [0.29, 0.717) is 6.42 Å². The first-order chi connectivity index (χ1) is 10.2. The number of rotatable bonds is 9. The third kappa shape index (κ3) is 5.13. The van der Waals surface area contributed by atoms with Gasteiger partial charge in [0.15, 0.2) is 5.78 Å². The molecular formula is C13H23NO8. The van der Waals surface area contributed by atoms with Crippen molar-refractivity contribution in [1.29, 1.82) is 0 Å². The molecule has 0 fully saturated rings. The number of ketones is 1. The Morgan fingerprint density at radius 1 is 1.14 bits per heavy atom. The summed E-state index contributed by atoms with van der Waals surface area (Å²) in [5, 5.41) is 46.9. The van der Waals surface area contributed by atoms with Gasteiger partial charge < -0.3 is 30.4 Å². The van der Waals surface area contributed by atoms with E-state index in [-0.39, 0.29) is 17.6 Å². The molecule has 0 aliphatic carbocycles. The highest BCUT2D eigenvalue weighted by atomic mass is 16.7. The lowest BCUT2D eigenvalue weighted by molar-refractivity contribution is -0.145. The first-order valence-corrected chi connectivity index (χ1v) is 6.70. The zero-order valence-corrected chi connectivity index (χ0v) is 12.5. The third-order valence-electron chi connectivity index (χ3n) is 3.19. The van der Waals surface area contributed by atoms with Gasteiger partial charge in [-0.25, -0.2) is 4.79 Å². The Hall–Kier alpha value is -1.36. The van der Waals surface area contributed by atoms with Crippen LogP contribution in [0.25, 0.3) is 0 Å². The summed E-state index contributed by atoms with van der Waals surface area (Å²) in [6.45, 7) is 2.13. The minimum Gasteiger partial charge on any atom is -0.394 e. The Labute approximate surface area is 127 Å². The molecule has 7 N–H and O–H groups in total. The average Bonchev–Trinajstić information content (AvgIpc) is 2.54. The Morgan fingerprint density at radius 3 is 2.09 bits per heavy atom. The van der Waals surface area contributed by atoms with E-state index < -0.39 is 42.8 Å². The second kappa shape index (κ2) is 9.62.